The Labute approximate surface area is 139 Å². The summed E-state index contributed by atoms with van der Waals surface area (Å²) < 4.78 is 12.1. The van der Waals surface area contributed by atoms with Crippen LogP contribution in [-0.4, -0.2) is 24.3 Å². The molecule has 0 aromatic rings. The van der Waals surface area contributed by atoms with E-state index < -0.39 is 0 Å². The van der Waals surface area contributed by atoms with E-state index in [0.717, 1.165) is 19.3 Å². The molecular weight excluding hydrogens is 288 g/mol. The van der Waals surface area contributed by atoms with Crippen LogP contribution in [0.3, 0.4) is 0 Å². The SMILES string of the molecule is CC(=O)O[C@H]1CCC2=C1C[C@H]1O[C@@H]2[C@H]2[C@@H]1C(C)=CC[C@@H]2C(C)C. The summed E-state index contributed by atoms with van der Waals surface area (Å²) in [5, 5.41) is 0. The highest BCUT2D eigenvalue weighted by atomic mass is 16.5. The molecule has 4 rings (SSSR count). The van der Waals surface area contributed by atoms with Gasteiger partial charge >= 0.3 is 5.97 Å². The summed E-state index contributed by atoms with van der Waals surface area (Å²) in [5.41, 5.74) is 4.39. The number of fused-ring (bicyclic) bond motifs is 6. The lowest BCUT2D eigenvalue weighted by molar-refractivity contribution is -0.144. The molecule has 6 atom stereocenters. The number of carbonyl (C=O) groups is 1. The molecule has 0 amide bonds. The van der Waals surface area contributed by atoms with E-state index in [2.05, 4.69) is 26.8 Å². The lowest BCUT2D eigenvalue weighted by Gasteiger charge is -2.37. The number of hydrogen-bond acceptors (Lipinski definition) is 3. The molecule has 126 valence electrons. The maximum atomic E-state index is 11.4. The summed E-state index contributed by atoms with van der Waals surface area (Å²) in [4.78, 5) is 11.4. The summed E-state index contributed by atoms with van der Waals surface area (Å²) in [6, 6.07) is 0. The zero-order valence-corrected chi connectivity index (χ0v) is 14.7. The van der Waals surface area contributed by atoms with E-state index in [1.54, 1.807) is 0 Å². The third-order valence-corrected chi connectivity index (χ3v) is 6.62. The first-order valence-electron chi connectivity index (χ1n) is 9.18. The summed E-state index contributed by atoms with van der Waals surface area (Å²) in [6.45, 7) is 8.51. The third-order valence-electron chi connectivity index (χ3n) is 6.62. The molecule has 0 spiro atoms. The Morgan fingerprint density at radius 1 is 1.35 bits per heavy atom. The van der Waals surface area contributed by atoms with Gasteiger partial charge in [-0.2, -0.15) is 0 Å². The fourth-order valence-corrected chi connectivity index (χ4v) is 5.67. The average Bonchev–Trinajstić information content (AvgIpc) is 3.01. The molecule has 3 nitrogen and oxygen atoms in total. The molecular formula is C20H28O3. The van der Waals surface area contributed by atoms with Gasteiger partial charge in [0.15, 0.2) is 0 Å². The number of rotatable bonds is 2. The molecule has 0 aromatic heterocycles. The van der Waals surface area contributed by atoms with Crippen molar-refractivity contribution < 1.29 is 14.3 Å². The first-order valence-corrected chi connectivity index (χ1v) is 9.18. The van der Waals surface area contributed by atoms with Gasteiger partial charge in [0.25, 0.3) is 0 Å². The van der Waals surface area contributed by atoms with Crippen molar-refractivity contribution in [3.8, 4) is 0 Å². The molecule has 0 aromatic carbocycles. The number of carbonyl (C=O) groups excluding carboxylic acids is 1. The molecule has 0 radical (unpaired) electrons. The first kappa shape index (κ1) is 15.4. The Bertz CT molecular complexity index is 586. The number of esters is 1. The van der Waals surface area contributed by atoms with Gasteiger partial charge < -0.3 is 9.47 Å². The van der Waals surface area contributed by atoms with Crippen LogP contribution in [0.2, 0.25) is 0 Å². The zero-order chi connectivity index (χ0) is 16.3. The highest BCUT2D eigenvalue weighted by molar-refractivity contribution is 5.66. The lowest BCUT2D eigenvalue weighted by Crippen LogP contribution is -2.35. The van der Waals surface area contributed by atoms with Crippen molar-refractivity contribution in [2.75, 3.05) is 0 Å². The van der Waals surface area contributed by atoms with Crippen molar-refractivity contribution in [2.45, 2.75) is 71.7 Å². The van der Waals surface area contributed by atoms with Gasteiger partial charge in [-0.05, 0) is 55.6 Å². The van der Waals surface area contributed by atoms with Gasteiger partial charge in [0.05, 0.1) is 12.2 Å². The zero-order valence-electron chi connectivity index (χ0n) is 14.7. The predicted molar refractivity (Wildman–Crippen MR) is 88.8 cm³/mol. The Balaban J connectivity index is 1.69. The topological polar surface area (TPSA) is 35.5 Å². The minimum absolute atomic E-state index is 0.0124. The van der Waals surface area contributed by atoms with Gasteiger partial charge in [-0.1, -0.05) is 25.5 Å². The van der Waals surface area contributed by atoms with Crippen LogP contribution >= 0.6 is 0 Å². The second kappa shape index (κ2) is 5.47. The van der Waals surface area contributed by atoms with Gasteiger partial charge in [0.2, 0.25) is 0 Å². The van der Waals surface area contributed by atoms with E-state index in [1.807, 2.05) is 0 Å². The Morgan fingerprint density at radius 3 is 2.83 bits per heavy atom. The highest BCUT2D eigenvalue weighted by Gasteiger charge is 2.55. The second-order valence-electron chi connectivity index (χ2n) is 8.18. The lowest BCUT2D eigenvalue weighted by atomic mass is 9.65. The van der Waals surface area contributed by atoms with Gasteiger partial charge in [0.1, 0.15) is 6.10 Å². The fourth-order valence-electron chi connectivity index (χ4n) is 5.67. The molecule has 3 heteroatoms. The average molecular weight is 316 g/mol. The van der Waals surface area contributed by atoms with E-state index >= 15 is 0 Å². The maximum Gasteiger partial charge on any atom is 0.303 e. The van der Waals surface area contributed by atoms with Crippen molar-refractivity contribution in [3.05, 3.63) is 22.8 Å². The summed E-state index contributed by atoms with van der Waals surface area (Å²) in [6.07, 6.45) is 7.16. The van der Waals surface area contributed by atoms with Gasteiger partial charge in [-0.15, -0.1) is 0 Å². The quantitative estimate of drug-likeness (QED) is 0.570. The Kier molecular flexibility index (Phi) is 3.67. The van der Waals surface area contributed by atoms with Crippen molar-refractivity contribution in [1.82, 2.24) is 0 Å². The summed E-state index contributed by atoms with van der Waals surface area (Å²) in [5.74, 6) is 2.41. The minimum Gasteiger partial charge on any atom is -0.458 e. The molecule has 23 heavy (non-hydrogen) atoms. The molecule has 2 heterocycles. The molecule has 1 saturated heterocycles. The maximum absolute atomic E-state index is 11.4. The molecule has 0 saturated carbocycles. The molecule has 0 unspecified atom stereocenters. The summed E-state index contributed by atoms with van der Waals surface area (Å²) >= 11 is 0. The third kappa shape index (κ3) is 2.31. The number of ether oxygens (including phenoxy) is 2. The van der Waals surface area contributed by atoms with Crippen LogP contribution in [0.4, 0.5) is 0 Å². The Hall–Kier alpha value is -1.09. The molecule has 1 fully saturated rings. The van der Waals surface area contributed by atoms with Crippen LogP contribution in [0.25, 0.3) is 0 Å². The van der Waals surface area contributed by atoms with Crippen molar-refractivity contribution in [3.63, 3.8) is 0 Å². The molecule has 2 aliphatic heterocycles. The first-order chi connectivity index (χ1) is 11.0. The largest absolute Gasteiger partial charge is 0.458 e. The minimum atomic E-state index is -0.156. The molecule has 4 aliphatic rings. The van der Waals surface area contributed by atoms with Gasteiger partial charge in [-0.25, -0.2) is 0 Å². The van der Waals surface area contributed by atoms with Crippen LogP contribution in [0, 0.1) is 23.7 Å². The van der Waals surface area contributed by atoms with Crippen molar-refractivity contribution in [2.24, 2.45) is 23.7 Å². The van der Waals surface area contributed by atoms with Crippen molar-refractivity contribution >= 4 is 5.97 Å². The van der Waals surface area contributed by atoms with Gasteiger partial charge in [-0.3, -0.25) is 4.79 Å². The van der Waals surface area contributed by atoms with Crippen LogP contribution in [0.15, 0.2) is 22.8 Å². The molecule has 2 bridgehead atoms. The number of hydrogen-bond donors (Lipinski definition) is 0. The Morgan fingerprint density at radius 2 is 2.13 bits per heavy atom. The predicted octanol–water partition coefficient (Wildman–Crippen LogP) is 4.03. The van der Waals surface area contributed by atoms with E-state index in [1.165, 1.54) is 30.1 Å². The van der Waals surface area contributed by atoms with Crippen LogP contribution in [0.1, 0.15) is 53.4 Å². The highest BCUT2D eigenvalue weighted by Crippen LogP contribution is 2.56. The van der Waals surface area contributed by atoms with Crippen LogP contribution in [-0.2, 0) is 14.3 Å². The number of allylic oxidation sites excluding steroid dienone is 1. The normalized spacial score (nSPS) is 41.7. The van der Waals surface area contributed by atoms with Crippen molar-refractivity contribution in [1.29, 1.82) is 0 Å². The van der Waals surface area contributed by atoms with Gasteiger partial charge in [0, 0.05) is 18.8 Å². The summed E-state index contributed by atoms with van der Waals surface area (Å²) in [7, 11) is 0. The molecule has 2 aliphatic carbocycles. The smallest absolute Gasteiger partial charge is 0.303 e. The van der Waals surface area contributed by atoms with E-state index in [9.17, 15) is 4.79 Å². The van der Waals surface area contributed by atoms with E-state index in [4.69, 9.17) is 9.47 Å². The van der Waals surface area contributed by atoms with Crippen LogP contribution < -0.4 is 0 Å². The monoisotopic (exact) mass is 316 g/mol. The standard InChI is InChI=1S/C20H28O3/c1-10(2)13-6-5-11(3)18-17-9-15-14(20(23-17)19(13)18)7-8-16(15)22-12(4)21/h5,10,13,16-20H,6-9H2,1-4H3/t13-,16+,17-,18-,19-,20+/m1/s1. The van der Waals surface area contributed by atoms with E-state index in [0.29, 0.717) is 23.7 Å². The fraction of sp³-hybridized carbons (Fsp3) is 0.750. The van der Waals surface area contributed by atoms with E-state index in [-0.39, 0.29) is 24.3 Å². The molecule has 0 N–H and O–H groups in total. The van der Waals surface area contributed by atoms with Crippen LogP contribution in [0.5, 0.6) is 0 Å². The second-order valence-corrected chi connectivity index (χ2v) is 8.18.